The number of hydrogen-bond donors (Lipinski definition) is 1. The van der Waals surface area contributed by atoms with Gasteiger partial charge in [-0.3, -0.25) is 4.79 Å². The minimum absolute atomic E-state index is 0.0482. The number of hydrogen-bond acceptors (Lipinski definition) is 3. The summed E-state index contributed by atoms with van der Waals surface area (Å²) in [5.41, 5.74) is 2.40. The van der Waals surface area contributed by atoms with E-state index < -0.39 is 5.91 Å². The second kappa shape index (κ2) is 10.9. The van der Waals surface area contributed by atoms with Gasteiger partial charge >= 0.3 is 0 Å². The third-order valence-corrected chi connectivity index (χ3v) is 5.75. The van der Waals surface area contributed by atoms with Crippen molar-refractivity contribution in [2.75, 3.05) is 0 Å². The Morgan fingerprint density at radius 1 is 0.882 bits per heavy atom. The maximum atomic E-state index is 12.4. The van der Waals surface area contributed by atoms with Gasteiger partial charge in [0.1, 0.15) is 18.2 Å². The molecule has 4 nitrogen and oxygen atoms in total. The number of nitriles is 1. The van der Waals surface area contributed by atoms with E-state index in [0.717, 1.165) is 21.9 Å². The van der Waals surface area contributed by atoms with Crippen LogP contribution in [0.15, 0.2) is 90.5 Å². The van der Waals surface area contributed by atoms with E-state index in [1.807, 2.05) is 66.7 Å². The number of benzene rings is 4. The lowest BCUT2D eigenvalue weighted by Gasteiger charge is -2.12. The molecule has 6 heteroatoms. The fraction of sp³-hybridized carbons (Fsp3) is 0.0714. The summed E-state index contributed by atoms with van der Waals surface area (Å²) in [6.45, 7) is 0.618. The lowest BCUT2D eigenvalue weighted by molar-refractivity contribution is -0.117. The normalized spacial score (nSPS) is 11.1. The van der Waals surface area contributed by atoms with Gasteiger partial charge in [-0.25, -0.2) is 0 Å². The van der Waals surface area contributed by atoms with E-state index in [4.69, 9.17) is 27.9 Å². The van der Waals surface area contributed by atoms with Crippen LogP contribution >= 0.6 is 23.2 Å². The van der Waals surface area contributed by atoms with E-state index in [0.29, 0.717) is 34.5 Å². The molecule has 168 valence electrons. The van der Waals surface area contributed by atoms with Gasteiger partial charge in [-0.1, -0.05) is 89.9 Å². The number of carbonyl (C=O) groups is 1. The van der Waals surface area contributed by atoms with Crippen molar-refractivity contribution in [1.29, 1.82) is 5.26 Å². The summed E-state index contributed by atoms with van der Waals surface area (Å²) in [6, 6.07) is 28.8. The summed E-state index contributed by atoms with van der Waals surface area (Å²) in [5, 5.41) is 15.1. The van der Waals surface area contributed by atoms with Gasteiger partial charge in [0.2, 0.25) is 0 Å². The van der Waals surface area contributed by atoms with Crippen LogP contribution in [0.3, 0.4) is 0 Å². The average Bonchev–Trinajstić information content (AvgIpc) is 2.86. The van der Waals surface area contributed by atoms with Crippen molar-refractivity contribution in [3.63, 3.8) is 0 Å². The van der Waals surface area contributed by atoms with Crippen LogP contribution in [-0.2, 0) is 17.9 Å². The Balaban J connectivity index is 1.46. The first-order valence-corrected chi connectivity index (χ1v) is 11.3. The number of nitrogens with one attached hydrogen (secondary N) is 1. The zero-order valence-electron chi connectivity index (χ0n) is 18.1. The summed E-state index contributed by atoms with van der Waals surface area (Å²) in [6.07, 6.45) is 1.45. The molecule has 1 amide bonds. The minimum atomic E-state index is -0.477. The second-order valence-corrected chi connectivity index (χ2v) is 8.44. The van der Waals surface area contributed by atoms with E-state index in [-0.39, 0.29) is 5.57 Å². The van der Waals surface area contributed by atoms with Gasteiger partial charge in [0, 0.05) is 6.54 Å². The molecule has 4 aromatic rings. The Kier molecular flexibility index (Phi) is 7.49. The first-order chi connectivity index (χ1) is 16.5. The molecule has 0 aliphatic heterocycles. The fourth-order valence-corrected chi connectivity index (χ4v) is 4.09. The van der Waals surface area contributed by atoms with Gasteiger partial charge in [0.25, 0.3) is 5.91 Å². The van der Waals surface area contributed by atoms with Crippen molar-refractivity contribution in [2.45, 2.75) is 13.2 Å². The number of halogens is 2. The topological polar surface area (TPSA) is 62.1 Å². The average molecular weight is 487 g/mol. The predicted molar refractivity (Wildman–Crippen MR) is 137 cm³/mol. The molecule has 0 spiro atoms. The Morgan fingerprint density at radius 3 is 2.26 bits per heavy atom. The quantitative estimate of drug-likeness (QED) is 0.227. The lowest BCUT2D eigenvalue weighted by Crippen LogP contribution is -2.23. The number of amides is 1. The van der Waals surface area contributed by atoms with E-state index in [9.17, 15) is 10.1 Å². The lowest BCUT2D eigenvalue weighted by atomic mass is 10.1. The van der Waals surface area contributed by atoms with Crippen molar-refractivity contribution in [1.82, 2.24) is 5.32 Å². The predicted octanol–water partition coefficient (Wildman–Crippen LogP) is 6.95. The monoisotopic (exact) mass is 486 g/mol. The van der Waals surface area contributed by atoms with Gasteiger partial charge in [-0.15, -0.1) is 0 Å². The van der Waals surface area contributed by atoms with Gasteiger partial charge < -0.3 is 10.1 Å². The molecule has 0 atom stereocenters. The molecule has 0 aliphatic carbocycles. The summed E-state index contributed by atoms with van der Waals surface area (Å²) >= 11 is 12.8. The van der Waals surface area contributed by atoms with Crippen molar-refractivity contribution < 1.29 is 9.53 Å². The van der Waals surface area contributed by atoms with Crippen molar-refractivity contribution in [3.05, 3.63) is 117 Å². The summed E-state index contributed by atoms with van der Waals surface area (Å²) < 4.78 is 5.89. The number of nitrogens with zero attached hydrogens (tertiary/aromatic N) is 1. The highest BCUT2D eigenvalue weighted by atomic mass is 35.5. The highest BCUT2D eigenvalue weighted by Crippen LogP contribution is 2.35. The summed E-state index contributed by atoms with van der Waals surface area (Å²) in [4.78, 5) is 12.4. The van der Waals surface area contributed by atoms with Crippen molar-refractivity contribution in [2.24, 2.45) is 0 Å². The molecule has 0 fully saturated rings. The molecule has 4 aromatic carbocycles. The molecular weight excluding hydrogens is 467 g/mol. The maximum absolute atomic E-state index is 12.4. The maximum Gasteiger partial charge on any atom is 0.262 e. The Hall–Kier alpha value is -3.78. The molecule has 0 radical (unpaired) electrons. The largest absolute Gasteiger partial charge is 0.486 e. The minimum Gasteiger partial charge on any atom is -0.486 e. The molecule has 0 bridgehead atoms. The second-order valence-electron chi connectivity index (χ2n) is 7.62. The smallest absolute Gasteiger partial charge is 0.262 e. The van der Waals surface area contributed by atoms with Gasteiger partial charge in [0.15, 0.2) is 5.75 Å². The Labute approximate surface area is 208 Å². The molecular formula is C28H20Cl2N2O2. The van der Waals surface area contributed by atoms with Crippen LogP contribution in [0.1, 0.15) is 16.7 Å². The van der Waals surface area contributed by atoms with E-state index in [1.165, 1.54) is 6.08 Å². The molecule has 4 rings (SSSR count). The van der Waals surface area contributed by atoms with Crippen LogP contribution in [0.2, 0.25) is 10.0 Å². The van der Waals surface area contributed by atoms with E-state index >= 15 is 0 Å². The van der Waals surface area contributed by atoms with Gasteiger partial charge in [-0.05, 0) is 51.7 Å². The molecule has 1 N–H and O–H groups in total. The number of rotatable bonds is 7. The molecule has 0 saturated heterocycles. The van der Waals surface area contributed by atoms with Crippen LogP contribution in [0, 0.1) is 11.3 Å². The summed E-state index contributed by atoms with van der Waals surface area (Å²) in [7, 11) is 0. The SMILES string of the molecule is N#C/C(=C/c1cc(Cl)c(OCc2ccc3ccccc3c2)c(Cl)c1)C(=O)NCc1ccccc1. The van der Waals surface area contributed by atoms with E-state index in [1.54, 1.807) is 12.1 Å². The number of ether oxygens (including phenoxy) is 1. The van der Waals surface area contributed by atoms with Crippen molar-refractivity contribution >= 4 is 46.0 Å². The van der Waals surface area contributed by atoms with Crippen LogP contribution in [-0.4, -0.2) is 5.91 Å². The van der Waals surface area contributed by atoms with Crippen LogP contribution in [0.25, 0.3) is 16.8 Å². The first-order valence-electron chi connectivity index (χ1n) is 10.6. The first kappa shape index (κ1) is 23.4. The number of carbonyl (C=O) groups excluding carboxylic acids is 1. The molecule has 0 aliphatic rings. The van der Waals surface area contributed by atoms with Crippen molar-refractivity contribution in [3.8, 4) is 11.8 Å². The zero-order valence-corrected chi connectivity index (χ0v) is 19.6. The highest BCUT2D eigenvalue weighted by molar-refractivity contribution is 6.37. The highest BCUT2D eigenvalue weighted by Gasteiger charge is 2.13. The molecule has 0 aromatic heterocycles. The summed E-state index contributed by atoms with van der Waals surface area (Å²) in [5.74, 6) is -0.129. The van der Waals surface area contributed by atoms with E-state index in [2.05, 4.69) is 17.4 Å². The number of fused-ring (bicyclic) bond motifs is 1. The van der Waals surface area contributed by atoms with Gasteiger partial charge in [-0.2, -0.15) is 5.26 Å². The van der Waals surface area contributed by atoms with Crippen LogP contribution < -0.4 is 10.1 Å². The Bertz CT molecular complexity index is 1390. The fourth-order valence-electron chi connectivity index (χ4n) is 3.47. The standard InChI is InChI=1S/C28H20Cl2N2O2/c29-25-14-21(13-24(16-31)28(33)32-17-19-6-2-1-3-7-19)15-26(30)27(25)34-18-20-10-11-22-8-4-5-9-23(22)12-20/h1-15H,17-18H2,(H,32,33)/b24-13-. The molecule has 0 saturated carbocycles. The third-order valence-electron chi connectivity index (χ3n) is 5.19. The zero-order chi connectivity index (χ0) is 23.9. The Morgan fingerprint density at radius 2 is 1.56 bits per heavy atom. The van der Waals surface area contributed by atoms with Crippen LogP contribution in [0.5, 0.6) is 5.75 Å². The molecule has 0 heterocycles. The molecule has 34 heavy (non-hydrogen) atoms. The third kappa shape index (κ3) is 5.77. The van der Waals surface area contributed by atoms with Crippen LogP contribution in [0.4, 0.5) is 0 Å². The van der Waals surface area contributed by atoms with Gasteiger partial charge in [0.05, 0.1) is 10.0 Å². The molecule has 0 unspecified atom stereocenters.